The lowest BCUT2D eigenvalue weighted by Gasteiger charge is -2.11. The van der Waals surface area contributed by atoms with Crippen LogP contribution in [0.3, 0.4) is 0 Å². The molecule has 2 heterocycles. The summed E-state index contributed by atoms with van der Waals surface area (Å²) in [4.78, 5) is 32.2. The molecule has 1 aromatic carbocycles. The Labute approximate surface area is 185 Å². The lowest BCUT2D eigenvalue weighted by atomic mass is 10.1. The van der Waals surface area contributed by atoms with Crippen molar-refractivity contribution in [2.75, 3.05) is 6.54 Å². The molecule has 0 fully saturated rings. The molecule has 2 amide bonds. The maximum Gasteiger partial charge on any atom is 0.573 e. The van der Waals surface area contributed by atoms with Gasteiger partial charge in [-0.15, -0.1) is 24.5 Å². The van der Waals surface area contributed by atoms with Crippen LogP contribution in [0.4, 0.5) is 13.2 Å². The van der Waals surface area contributed by atoms with Gasteiger partial charge in [0.2, 0.25) is 5.91 Å². The zero-order valence-corrected chi connectivity index (χ0v) is 17.7. The van der Waals surface area contributed by atoms with Gasteiger partial charge in [-0.05, 0) is 48.4 Å². The molecule has 32 heavy (non-hydrogen) atoms. The molecule has 0 aliphatic heterocycles. The van der Waals surface area contributed by atoms with Crippen LogP contribution in [0, 0.1) is 0 Å². The van der Waals surface area contributed by atoms with Crippen molar-refractivity contribution in [3.05, 3.63) is 64.5 Å². The molecule has 2 aromatic heterocycles. The quantitative estimate of drug-likeness (QED) is 0.540. The number of carbonyl (C=O) groups excluding carboxylic acids is 2. The van der Waals surface area contributed by atoms with Crippen molar-refractivity contribution in [2.24, 2.45) is 4.99 Å². The van der Waals surface area contributed by atoms with E-state index in [0.717, 1.165) is 0 Å². The molecule has 0 unspecified atom stereocenters. The second-order valence-corrected chi connectivity index (χ2v) is 7.43. The number of alkyl halides is 3. The summed E-state index contributed by atoms with van der Waals surface area (Å²) in [5, 5.41) is 4.47. The minimum Gasteiger partial charge on any atom is -0.406 e. The number of hydrogen-bond acceptors (Lipinski definition) is 5. The van der Waals surface area contributed by atoms with Crippen molar-refractivity contribution >= 4 is 23.2 Å². The van der Waals surface area contributed by atoms with Crippen LogP contribution in [0.15, 0.2) is 59.0 Å². The molecule has 0 saturated heterocycles. The lowest BCUT2D eigenvalue weighted by Crippen LogP contribution is -2.24. The molecule has 0 bridgehead atoms. The number of thiazole rings is 1. The summed E-state index contributed by atoms with van der Waals surface area (Å²) in [6.07, 6.45) is -2.72. The van der Waals surface area contributed by atoms with Crippen LogP contribution in [0.2, 0.25) is 0 Å². The minimum atomic E-state index is -4.77. The molecule has 0 saturated carbocycles. The highest BCUT2D eigenvalue weighted by atomic mass is 32.1. The molecule has 0 aliphatic carbocycles. The van der Waals surface area contributed by atoms with Gasteiger partial charge in [-0.1, -0.05) is 6.07 Å². The zero-order chi connectivity index (χ0) is 23.1. The van der Waals surface area contributed by atoms with E-state index in [4.69, 9.17) is 0 Å². The topological polar surface area (TPSA) is 85.6 Å². The third-order valence-corrected chi connectivity index (χ3v) is 5.06. The van der Waals surface area contributed by atoms with Crippen LogP contribution in [0.1, 0.15) is 23.8 Å². The fourth-order valence-corrected chi connectivity index (χ4v) is 3.76. The number of ether oxygens (including phenoxy) is 1. The predicted octanol–water partition coefficient (Wildman–Crippen LogP) is 3.78. The van der Waals surface area contributed by atoms with Crippen LogP contribution in [0.5, 0.6) is 5.75 Å². The molecule has 0 spiro atoms. The molecule has 3 rings (SSSR count). The van der Waals surface area contributed by atoms with E-state index in [1.54, 1.807) is 28.1 Å². The minimum absolute atomic E-state index is 0.156. The predicted molar refractivity (Wildman–Crippen MR) is 112 cm³/mol. The Morgan fingerprint density at radius 2 is 1.94 bits per heavy atom. The number of nitrogens with one attached hydrogen (secondary N) is 1. The largest absolute Gasteiger partial charge is 0.573 e. The summed E-state index contributed by atoms with van der Waals surface area (Å²) in [6.45, 7) is 2.26. The van der Waals surface area contributed by atoms with Gasteiger partial charge in [-0.25, -0.2) is 0 Å². The molecule has 11 heteroatoms. The molecule has 7 nitrogen and oxygen atoms in total. The summed E-state index contributed by atoms with van der Waals surface area (Å²) in [5.74, 6) is -0.997. The van der Waals surface area contributed by atoms with Crippen LogP contribution in [-0.2, 0) is 11.3 Å². The summed E-state index contributed by atoms with van der Waals surface area (Å²) >= 11 is 1.22. The Kier molecular flexibility index (Phi) is 7.41. The van der Waals surface area contributed by atoms with Crippen LogP contribution < -0.4 is 14.9 Å². The van der Waals surface area contributed by atoms with Crippen molar-refractivity contribution in [1.82, 2.24) is 14.9 Å². The maximum absolute atomic E-state index is 12.5. The number of carbonyl (C=O) groups is 2. The molecule has 0 radical (unpaired) electrons. The normalized spacial score (nSPS) is 11.9. The number of benzene rings is 1. The highest BCUT2D eigenvalue weighted by molar-refractivity contribution is 7.07. The monoisotopic (exact) mass is 464 g/mol. The number of hydrogen-bond donors (Lipinski definition) is 1. The molecule has 3 aromatic rings. The Balaban J connectivity index is 1.92. The average molecular weight is 464 g/mol. The molecular weight excluding hydrogens is 445 g/mol. The van der Waals surface area contributed by atoms with Gasteiger partial charge in [-0.3, -0.25) is 14.6 Å². The van der Waals surface area contributed by atoms with E-state index < -0.39 is 12.3 Å². The van der Waals surface area contributed by atoms with Gasteiger partial charge in [0.1, 0.15) is 11.4 Å². The summed E-state index contributed by atoms with van der Waals surface area (Å²) in [6, 6.07) is 10.4. The van der Waals surface area contributed by atoms with Crippen molar-refractivity contribution in [2.45, 2.75) is 26.3 Å². The number of halogens is 3. The fraction of sp³-hybridized carbons (Fsp3) is 0.238. The van der Waals surface area contributed by atoms with Crippen LogP contribution in [-0.4, -0.2) is 34.3 Å². The molecular formula is C21H19F3N4O3S. The first-order valence-corrected chi connectivity index (χ1v) is 10.4. The third kappa shape index (κ3) is 6.51. The van der Waals surface area contributed by atoms with E-state index >= 15 is 0 Å². The molecule has 168 valence electrons. The van der Waals surface area contributed by atoms with E-state index in [9.17, 15) is 22.8 Å². The first-order chi connectivity index (χ1) is 15.2. The van der Waals surface area contributed by atoms with Gasteiger partial charge in [0, 0.05) is 31.6 Å². The molecule has 0 aliphatic rings. The van der Waals surface area contributed by atoms with E-state index in [1.165, 1.54) is 48.7 Å². The first-order valence-electron chi connectivity index (χ1n) is 9.52. The Morgan fingerprint density at radius 3 is 2.56 bits per heavy atom. The number of pyridine rings is 1. The van der Waals surface area contributed by atoms with Crippen molar-refractivity contribution < 1.29 is 27.5 Å². The van der Waals surface area contributed by atoms with Crippen molar-refractivity contribution in [3.63, 3.8) is 0 Å². The summed E-state index contributed by atoms with van der Waals surface area (Å²) in [5.41, 5.74) is 1.49. The fourth-order valence-electron chi connectivity index (χ4n) is 2.83. The number of aromatic nitrogens is 2. The van der Waals surface area contributed by atoms with Gasteiger partial charge in [0.25, 0.3) is 5.91 Å². The van der Waals surface area contributed by atoms with E-state index in [1.807, 2.05) is 0 Å². The number of nitrogens with zero attached hydrogens (tertiary/aromatic N) is 3. The lowest BCUT2D eigenvalue weighted by molar-refractivity contribution is -0.274. The van der Waals surface area contributed by atoms with Crippen molar-refractivity contribution in [3.8, 4) is 17.0 Å². The van der Waals surface area contributed by atoms with Gasteiger partial charge >= 0.3 is 6.36 Å². The number of rotatable bonds is 7. The van der Waals surface area contributed by atoms with Gasteiger partial charge in [0.05, 0.1) is 5.69 Å². The average Bonchev–Trinajstić information content (AvgIpc) is 3.13. The molecule has 0 atom stereocenters. The standard InChI is InChI=1S/C21H19F3N4O3S/c1-14(29)25-11-4-12-28-18(15-6-8-16(9-7-15)31-21(22,23)24)13-32-20(28)27-19(30)17-5-2-3-10-26-17/h2-3,5-10,13H,4,11-12H2,1H3,(H,25,29)/b27-20-. The Morgan fingerprint density at radius 1 is 1.19 bits per heavy atom. The second kappa shape index (κ2) is 10.2. The zero-order valence-electron chi connectivity index (χ0n) is 16.9. The Bertz CT molecular complexity index is 1140. The highest BCUT2D eigenvalue weighted by Crippen LogP contribution is 2.27. The smallest absolute Gasteiger partial charge is 0.406 e. The van der Waals surface area contributed by atoms with Gasteiger partial charge in [0.15, 0.2) is 4.80 Å². The number of amides is 2. The van der Waals surface area contributed by atoms with E-state index in [2.05, 4.69) is 20.0 Å². The van der Waals surface area contributed by atoms with Crippen molar-refractivity contribution in [1.29, 1.82) is 0 Å². The summed E-state index contributed by atoms with van der Waals surface area (Å²) < 4.78 is 43.0. The van der Waals surface area contributed by atoms with Gasteiger partial charge in [-0.2, -0.15) is 4.99 Å². The van der Waals surface area contributed by atoms with E-state index in [-0.39, 0.29) is 17.4 Å². The summed E-state index contributed by atoms with van der Waals surface area (Å²) in [7, 11) is 0. The maximum atomic E-state index is 12.5. The Hall–Kier alpha value is -3.47. The van der Waals surface area contributed by atoms with Crippen LogP contribution >= 0.6 is 11.3 Å². The molecule has 1 N–H and O–H groups in total. The van der Waals surface area contributed by atoms with Gasteiger partial charge < -0.3 is 14.6 Å². The van der Waals surface area contributed by atoms with Crippen LogP contribution in [0.25, 0.3) is 11.3 Å². The second-order valence-electron chi connectivity index (χ2n) is 6.60. The van der Waals surface area contributed by atoms with E-state index in [0.29, 0.717) is 35.6 Å². The first kappa shape index (κ1) is 23.2. The third-order valence-electron chi connectivity index (χ3n) is 4.19. The highest BCUT2D eigenvalue weighted by Gasteiger charge is 2.31. The SMILES string of the molecule is CC(=O)NCCCn1c(-c2ccc(OC(F)(F)F)cc2)cs/c1=N\C(=O)c1ccccn1.